The zero-order chi connectivity index (χ0) is 19.7. The number of hydrogen-bond acceptors (Lipinski definition) is 4. The van der Waals surface area contributed by atoms with Crippen molar-refractivity contribution in [1.82, 2.24) is 0 Å². The maximum Gasteiger partial charge on any atom is 0.0759 e. The van der Waals surface area contributed by atoms with Crippen LogP contribution >= 0.6 is 0 Å². The topological polar surface area (TPSA) is 80.9 Å². The number of aliphatic hydroxyl groups excluding tert-OH is 2. The van der Waals surface area contributed by atoms with Crippen LogP contribution in [-0.4, -0.2) is 44.3 Å². The average Bonchev–Trinajstić information content (AvgIpc) is 3.54. The largest absolute Gasteiger partial charge is 0.396 e. The standard InChI is InChI=1S/C24H38O4/c1-21-7-4-13(26)12-24(21,28)17-10-14(17)19-16(21)5-8-22(2)20(19)15-11-18(15)23(22,27)6-3-9-25/h13-20,25-28H,3-12H2,1-2H3/t13?,14?,15?,16?,17?,18?,19?,20?,21?,22?,23-,24?/m0/s1. The quantitative estimate of drug-likeness (QED) is 0.597. The molecular formula is C24H38O4. The van der Waals surface area contributed by atoms with Crippen LogP contribution in [0.15, 0.2) is 0 Å². The SMILES string of the molecule is CC12CCC(O)CC1(O)C1CC1C1C2CCC2(C)C1C1CC1[C@@]2(O)CCCO. The summed E-state index contributed by atoms with van der Waals surface area (Å²) in [5, 5.41) is 43.4. The van der Waals surface area contributed by atoms with E-state index in [0.29, 0.717) is 54.3 Å². The molecule has 0 bridgehead atoms. The Kier molecular flexibility index (Phi) is 3.56. The molecule has 28 heavy (non-hydrogen) atoms. The van der Waals surface area contributed by atoms with E-state index in [4.69, 9.17) is 0 Å². The van der Waals surface area contributed by atoms with E-state index in [1.165, 1.54) is 6.42 Å². The van der Waals surface area contributed by atoms with E-state index in [2.05, 4.69) is 13.8 Å². The molecule has 11 unspecified atom stereocenters. The second kappa shape index (κ2) is 5.36. The Morgan fingerprint density at radius 1 is 0.893 bits per heavy atom. The van der Waals surface area contributed by atoms with E-state index in [1.54, 1.807) is 0 Å². The van der Waals surface area contributed by atoms with Crippen LogP contribution in [0.25, 0.3) is 0 Å². The normalized spacial score (nSPS) is 66.2. The third-order valence-electron chi connectivity index (χ3n) is 11.5. The van der Waals surface area contributed by atoms with Crippen molar-refractivity contribution in [1.29, 1.82) is 0 Å². The molecule has 12 atom stereocenters. The van der Waals surface area contributed by atoms with Gasteiger partial charge in [-0.1, -0.05) is 13.8 Å². The summed E-state index contributed by atoms with van der Waals surface area (Å²) in [4.78, 5) is 0. The van der Waals surface area contributed by atoms with E-state index < -0.39 is 11.2 Å². The highest BCUT2D eigenvalue weighted by molar-refractivity contribution is 5.29. The second-order valence-corrected chi connectivity index (χ2v) is 12.2. The van der Waals surface area contributed by atoms with E-state index >= 15 is 0 Å². The average molecular weight is 391 g/mol. The van der Waals surface area contributed by atoms with E-state index in [9.17, 15) is 20.4 Å². The smallest absolute Gasteiger partial charge is 0.0759 e. The van der Waals surface area contributed by atoms with Crippen molar-refractivity contribution in [3.05, 3.63) is 0 Å². The van der Waals surface area contributed by atoms with Gasteiger partial charge in [0.15, 0.2) is 0 Å². The molecule has 0 radical (unpaired) electrons. The van der Waals surface area contributed by atoms with Crippen molar-refractivity contribution in [2.45, 2.75) is 88.9 Å². The highest BCUT2D eigenvalue weighted by Crippen LogP contribution is 2.82. The molecule has 6 fully saturated rings. The number of hydrogen-bond donors (Lipinski definition) is 4. The first kappa shape index (κ1) is 18.6. The van der Waals surface area contributed by atoms with Crippen molar-refractivity contribution in [2.24, 2.45) is 52.3 Å². The molecule has 0 aliphatic heterocycles. The minimum atomic E-state index is -0.682. The summed E-state index contributed by atoms with van der Waals surface area (Å²) in [6.07, 6.45) is 7.91. The van der Waals surface area contributed by atoms with Gasteiger partial charge in [0, 0.05) is 13.0 Å². The molecule has 4 nitrogen and oxygen atoms in total. The summed E-state index contributed by atoms with van der Waals surface area (Å²) in [6, 6.07) is 0. The molecular weight excluding hydrogens is 352 g/mol. The number of aliphatic hydroxyl groups is 4. The molecule has 6 aliphatic carbocycles. The van der Waals surface area contributed by atoms with Crippen molar-refractivity contribution >= 4 is 0 Å². The summed E-state index contributed by atoms with van der Waals surface area (Å²) in [7, 11) is 0. The van der Waals surface area contributed by atoms with Crippen LogP contribution < -0.4 is 0 Å². The summed E-state index contributed by atoms with van der Waals surface area (Å²) in [5.74, 6) is 3.82. The first-order valence-corrected chi connectivity index (χ1v) is 11.9. The van der Waals surface area contributed by atoms with Crippen LogP contribution in [0.5, 0.6) is 0 Å². The Balaban J connectivity index is 1.38. The predicted octanol–water partition coefficient (Wildman–Crippen LogP) is 2.72. The fourth-order valence-electron chi connectivity index (χ4n) is 10.1. The molecule has 0 heterocycles. The number of rotatable bonds is 3. The van der Waals surface area contributed by atoms with Crippen LogP contribution in [0.4, 0.5) is 0 Å². The van der Waals surface area contributed by atoms with Crippen molar-refractivity contribution < 1.29 is 20.4 Å². The van der Waals surface area contributed by atoms with Gasteiger partial charge >= 0.3 is 0 Å². The lowest BCUT2D eigenvalue weighted by molar-refractivity contribution is -0.237. The lowest BCUT2D eigenvalue weighted by Gasteiger charge is -2.64. The molecule has 4 heteroatoms. The van der Waals surface area contributed by atoms with Gasteiger partial charge in [0.05, 0.1) is 17.3 Å². The molecule has 0 aromatic heterocycles. The molecule has 6 aliphatic rings. The van der Waals surface area contributed by atoms with Gasteiger partial charge in [-0.25, -0.2) is 0 Å². The van der Waals surface area contributed by atoms with E-state index in [-0.39, 0.29) is 23.5 Å². The summed E-state index contributed by atoms with van der Waals surface area (Å²) < 4.78 is 0. The molecule has 6 rings (SSSR count). The molecule has 0 aromatic rings. The number of fused-ring (bicyclic) bond motifs is 10. The van der Waals surface area contributed by atoms with Crippen LogP contribution in [0.3, 0.4) is 0 Å². The Morgan fingerprint density at radius 3 is 2.36 bits per heavy atom. The van der Waals surface area contributed by atoms with E-state index in [0.717, 1.165) is 38.5 Å². The van der Waals surface area contributed by atoms with Gasteiger partial charge in [-0.05, 0) is 104 Å². The second-order valence-electron chi connectivity index (χ2n) is 12.2. The first-order chi connectivity index (χ1) is 13.2. The van der Waals surface area contributed by atoms with Gasteiger partial charge < -0.3 is 20.4 Å². The minimum absolute atomic E-state index is 0.0238. The van der Waals surface area contributed by atoms with Crippen LogP contribution in [0, 0.1) is 52.3 Å². The Labute approximate surface area is 168 Å². The fourth-order valence-corrected chi connectivity index (χ4v) is 10.1. The Morgan fingerprint density at radius 2 is 1.61 bits per heavy atom. The summed E-state index contributed by atoms with van der Waals surface area (Å²) in [5.41, 5.74) is -1.38. The molecule has 0 amide bonds. The third kappa shape index (κ3) is 1.89. The molecule has 4 N–H and O–H groups in total. The van der Waals surface area contributed by atoms with Crippen molar-refractivity contribution in [2.75, 3.05) is 6.61 Å². The lowest BCUT2D eigenvalue weighted by atomic mass is 9.42. The highest BCUT2D eigenvalue weighted by Gasteiger charge is 2.80. The minimum Gasteiger partial charge on any atom is -0.396 e. The molecule has 0 spiro atoms. The van der Waals surface area contributed by atoms with Crippen molar-refractivity contribution in [3.8, 4) is 0 Å². The van der Waals surface area contributed by atoms with Crippen molar-refractivity contribution in [3.63, 3.8) is 0 Å². The summed E-state index contributed by atoms with van der Waals surface area (Å²) in [6.45, 7) is 4.87. The third-order valence-corrected chi connectivity index (χ3v) is 11.5. The van der Waals surface area contributed by atoms with Gasteiger partial charge in [-0.15, -0.1) is 0 Å². The summed E-state index contributed by atoms with van der Waals surface area (Å²) >= 11 is 0. The Bertz CT molecular complexity index is 696. The van der Waals surface area contributed by atoms with Gasteiger partial charge in [-0.2, -0.15) is 0 Å². The van der Waals surface area contributed by atoms with E-state index in [1.807, 2.05) is 0 Å². The zero-order valence-electron chi connectivity index (χ0n) is 17.5. The highest BCUT2D eigenvalue weighted by atomic mass is 16.3. The zero-order valence-corrected chi connectivity index (χ0v) is 17.5. The molecule has 0 saturated heterocycles. The maximum absolute atomic E-state index is 11.9. The van der Waals surface area contributed by atoms with Crippen LogP contribution in [0.1, 0.15) is 71.6 Å². The predicted molar refractivity (Wildman–Crippen MR) is 105 cm³/mol. The molecule has 6 saturated carbocycles. The maximum atomic E-state index is 11.9. The monoisotopic (exact) mass is 390 g/mol. The van der Waals surface area contributed by atoms with Gasteiger partial charge in [0.1, 0.15) is 0 Å². The Hall–Kier alpha value is -0.160. The fraction of sp³-hybridized carbons (Fsp3) is 1.00. The van der Waals surface area contributed by atoms with Gasteiger partial charge in [0.2, 0.25) is 0 Å². The molecule has 158 valence electrons. The van der Waals surface area contributed by atoms with Crippen LogP contribution in [-0.2, 0) is 0 Å². The molecule has 0 aromatic carbocycles. The lowest BCUT2D eigenvalue weighted by Crippen LogP contribution is -2.65. The van der Waals surface area contributed by atoms with Gasteiger partial charge in [0.25, 0.3) is 0 Å². The van der Waals surface area contributed by atoms with Crippen LogP contribution in [0.2, 0.25) is 0 Å². The first-order valence-electron chi connectivity index (χ1n) is 11.9. The van der Waals surface area contributed by atoms with Gasteiger partial charge in [-0.3, -0.25) is 0 Å².